The van der Waals surface area contributed by atoms with E-state index in [0.29, 0.717) is 5.56 Å². The van der Waals surface area contributed by atoms with Gasteiger partial charge in [0, 0.05) is 5.56 Å². The molecular weight excluding hydrogens is 209 g/mol. The van der Waals surface area contributed by atoms with Crippen LogP contribution in [-0.4, -0.2) is 16.1 Å². The SMILES string of the molecule is O=C(O)c1cc(F)cnc1-c1ccccc1. The first kappa shape index (κ1) is 10.3. The Morgan fingerprint density at radius 1 is 1.25 bits per heavy atom. The van der Waals surface area contributed by atoms with E-state index in [1.54, 1.807) is 24.3 Å². The fraction of sp³-hybridized carbons (Fsp3) is 0. The topological polar surface area (TPSA) is 50.2 Å². The monoisotopic (exact) mass is 217 g/mol. The number of aromatic nitrogens is 1. The van der Waals surface area contributed by atoms with Gasteiger partial charge in [0.15, 0.2) is 0 Å². The number of carboxylic acid groups (broad SMARTS) is 1. The summed E-state index contributed by atoms with van der Waals surface area (Å²) < 4.78 is 12.9. The van der Waals surface area contributed by atoms with E-state index in [1.165, 1.54) is 0 Å². The van der Waals surface area contributed by atoms with Gasteiger partial charge in [-0.05, 0) is 6.07 Å². The van der Waals surface area contributed by atoms with Gasteiger partial charge in [0.2, 0.25) is 0 Å². The Kier molecular flexibility index (Phi) is 2.64. The van der Waals surface area contributed by atoms with Gasteiger partial charge in [0.1, 0.15) is 5.82 Å². The molecule has 1 N–H and O–H groups in total. The molecular formula is C12H8FNO2. The highest BCUT2D eigenvalue weighted by Crippen LogP contribution is 2.21. The summed E-state index contributed by atoms with van der Waals surface area (Å²) in [5, 5.41) is 8.94. The minimum absolute atomic E-state index is 0.133. The van der Waals surface area contributed by atoms with E-state index < -0.39 is 11.8 Å². The van der Waals surface area contributed by atoms with Crippen LogP contribution in [-0.2, 0) is 0 Å². The lowest BCUT2D eigenvalue weighted by atomic mass is 10.1. The van der Waals surface area contributed by atoms with Crippen LogP contribution in [0.15, 0.2) is 42.6 Å². The number of pyridine rings is 1. The molecule has 0 atom stereocenters. The molecule has 0 unspecified atom stereocenters. The molecule has 0 aliphatic carbocycles. The second kappa shape index (κ2) is 4.10. The maximum absolute atomic E-state index is 12.9. The van der Waals surface area contributed by atoms with Crippen LogP contribution < -0.4 is 0 Å². The highest BCUT2D eigenvalue weighted by Gasteiger charge is 2.13. The Labute approximate surface area is 91.2 Å². The Bertz CT molecular complexity index is 526. The molecule has 4 heteroatoms. The van der Waals surface area contributed by atoms with Crippen LogP contribution in [0.2, 0.25) is 0 Å². The summed E-state index contributed by atoms with van der Waals surface area (Å²) in [5.74, 6) is -1.84. The molecule has 1 aromatic carbocycles. The van der Waals surface area contributed by atoms with Crippen LogP contribution in [0.1, 0.15) is 10.4 Å². The van der Waals surface area contributed by atoms with Crippen molar-refractivity contribution in [1.82, 2.24) is 4.98 Å². The van der Waals surface area contributed by atoms with Crippen molar-refractivity contribution in [3.8, 4) is 11.3 Å². The van der Waals surface area contributed by atoms with Gasteiger partial charge < -0.3 is 5.11 Å². The van der Waals surface area contributed by atoms with E-state index in [1.807, 2.05) is 6.07 Å². The van der Waals surface area contributed by atoms with Crippen LogP contribution in [0, 0.1) is 5.82 Å². The van der Waals surface area contributed by atoms with E-state index in [0.717, 1.165) is 12.3 Å². The first-order chi connectivity index (χ1) is 7.68. The third kappa shape index (κ3) is 1.91. The number of rotatable bonds is 2. The molecule has 16 heavy (non-hydrogen) atoms. The molecule has 2 aromatic rings. The molecule has 2 rings (SSSR count). The molecule has 0 aliphatic rings. The molecule has 0 aliphatic heterocycles. The third-order valence-electron chi connectivity index (χ3n) is 2.13. The molecule has 3 nitrogen and oxygen atoms in total. The number of nitrogens with zero attached hydrogens (tertiary/aromatic N) is 1. The smallest absolute Gasteiger partial charge is 0.338 e. The summed E-state index contributed by atoms with van der Waals surface area (Å²) in [6, 6.07) is 9.78. The van der Waals surface area contributed by atoms with E-state index in [4.69, 9.17) is 5.11 Å². The lowest BCUT2D eigenvalue weighted by molar-refractivity contribution is 0.0697. The highest BCUT2D eigenvalue weighted by atomic mass is 19.1. The van der Waals surface area contributed by atoms with Gasteiger partial charge in [0.25, 0.3) is 0 Å². The van der Waals surface area contributed by atoms with Gasteiger partial charge in [-0.15, -0.1) is 0 Å². The molecule has 1 heterocycles. The molecule has 80 valence electrons. The zero-order valence-electron chi connectivity index (χ0n) is 8.22. The van der Waals surface area contributed by atoms with Crippen LogP contribution in [0.25, 0.3) is 11.3 Å². The summed E-state index contributed by atoms with van der Waals surface area (Å²) in [6.45, 7) is 0. The summed E-state index contributed by atoms with van der Waals surface area (Å²) in [7, 11) is 0. The third-order valence-corrected chi connectivity index (χ3v) is 2.13. The van der Waals surface area contributed by atoms with Crippen LogP contribution in [0.5, 0.6) is 0 Å². The predicted octanol–water partition coefficient (Wildman–Crippen LogP) is 2.59. The standard InChI is InChI=1S/C12H8FNO2/c13-9-6-10(12(15)16)11(14-7-9)8-4-2-1-3-5-8/h1-7H,(H,15,16). The molecule has 0 bridgehead atoms. The van der Waals surface area contributed by atoms with Crippen molar-refractivity contribution in [3.05, 3.63) is 54.0 Å². The largest absolute Gasteiger partial charge is 0.478 e. The Balaban J connectivity index is 2.61. The van der Waals surface area contributed by atoms with Gasteiger partial charge in [0.05, 0.1) is 17.5 Å². The van der Waals surface area contributed by atoms with Gasteiger partial charge in [-0.2, -0.15) is 0 Å². The molecule has 0 saturated carbocycles. The van der Waals surface area contributed by atoms with Crippen LogP contribution in [0.3, 0.4) is 0 Å². The summed E-state index contributed by atoms with van der Waals surface area (Å²) in [4.78, 5) is 14.8. The van der Waals surface area contributed by atoms with E-state index in [2.05, 4.69) is 4.98 Å². The first-order valence-corrected chi connectivity index (χ1v) is 4.63. The van der Waals surface area contributed by atoms with Crippen molar-refractivity contribution in [3.63, 3.8) is 0 Å². The van der Waals surface area contributed by atoms with Crippen molar-refractivity contribution in [2.45, 2.75) is 0 Å². The maximum Gasteiger partial charge on any atom is 0.338 e. The Hall–Kier alpha value is -2.23. The summed E-state index contributed by atoms with van der Waals surface area (Å²) in [5.41, 5.74) is 0.792. The number of benzene rings is 1. The van der Waals surface area contributed by atoms with Gasteiger partial charge >= 0.3 is 5.97 Å². The quantitative estimate of drug-likeness (QED) is 0.841. The lowest BCUT2D eigenvalue weighted by Crippen LogP contribution is -2.02. The summed E-state index contributed by atoms with van der Waals surface area (Å²) in [6.07, 6.45) is 1.01. The van der Waals surface area contributed by atoms with Gasteiger partial charge in [-0.1, -0.05) is 30.3 Å². The van der Waals surface area contributed by atoms with Gasteiger partial charge in [-0.3, -0.25) is 4.98 Å². The van der Waals surface area contributed by atoms with Crippen molar-refractivity contribution < 1.29 is 14.3 Å². The molecule has 1 aromatic heterocycles. The summed E-state index contributed by atoms with van der Waals surface area (Å²) >= 11 is 0. The molecule has 0 fully saturated rings. The molecule has 0 saturated heterocycles. The predicted molar refractivity (Wildman–Crippen MR) is 56.6 cm³/mol. The average molecular weight is 217 g/mol. The fourth-order valence-electron chi connectivity index (χ4n) is 1.43. The molecule has 0 amide bonds. The second-order valence-electron chi connectivity index (χ2n) is 3.22. The lowest BCUT2D eigenvalue weighted by Gasteiger charge is -2.04. The van der Waals surface area contributed by atoms with E-state index >= 15 is 0 Å². The fourth-order valence-corrected chi connectivity index (χ4v) is 1.43. The average Bonchev–Trinajstić information content (AvgIpc) is 2.30. The van der Waals surface area contributed by atoms with Gasteiger partial charge in [-0.25, -0.2) is 9.18 Å². The maximum atomic E-state index is 12.9. The normalized spacial score (nSPS) is 10.1. The van der Waals surface area contributed by atoms with Crippen LogP contribution in [0.4, 0.5) is 4.39 Å². The van der Waals surface area contributed by atoms with Crippen LogP contribution >= 0.6 is 0 Å². The first-order valence-electron chi connectivity index (χ1n) is 4.63. The van der Waals surface area contributed by atoms with E-state index in [9.17, 15) is 9.18 Å². The minimum atomic E-state index is -1.19. The van der Waals surface area contributed by atoms with E-state index in [-0.39, 0.29) is 11.3 Å². The number of hydrogen-bond acceptors (Lipinski definition) is 2. The number of carboxylic acids is 1. The Morgan fingerprint density at radius 2 is 1.94 bits per heavy atom. The molecule has 0 spiro atoms. The van der Waals surface area contributed by atoms with Crippen molar-refractivity contribution in [1.29, 1.82) is 0 Å². The zero-order valence-corrected chi connectivity index (χ0v) is 8.22. The number of halogens is 1. The highest BCUT2D eigenvalue weighted by molar-refractivity contribution is 5.94. The molecule has 0 radical (unpaired) electrons. The minimum Gasteiger partial charge on any atom is -0.478 e. The Morgan fingerprint density at radius 3 is 2.56 bits per heavy atom. The number of aromatic carboxylic acids is 1. The van der Waals surface area contributed by atoms with Crippen molar-refractivity contribution in [2.75, 3.05) is 0 Å². The number of hydrogen-bond donors (Lipinski definition) is 1. The second-order valence-corrected chi connectivity index (χ2v) is 3.22. The number of carbonyl (C=O) groups is 1. The zero-order chi connectivity index (χ0) is 11.5. The van der Waals surface area contributed by atoms with Crippen molar-refractivity contribution >= 4 is 5.97 Å². The van der Waals surface area contributed by atoms with Crippen molar-refractivity contribution in [2.24, 2.45) is 0 Å².